The molecule has 3 heteroatoms. The molecule has 3 nitrogen and oxygen atoms in total. The van der Waals surface area contributed by atoms with Crippen LogP contribution < -0.4 is 4.90 Å². The Morgan fingerprint density at radius 3 is 2.47 bits per heavy atom. The predicted octanol–water partition coefficient (Wildman–Crippen LogP) is 1.82. The Hall–Kier alpha value is -1.35. The number of benzene rings is 1. The van der Waals surface area contributed by atoms with Crippen LogP contribution in [-0.2, 0) is 4.74 Å². The lowest BCUT2D eigenvalue weighted by Crippen LogP contribution is -2.08. The number of hydrogen-bond donors (Lipinski definition) is 0. The van der Waals surface area contributed by atoms with Crippen LogP contribution in [0.25, 0.3) is 0 Å². The van der Waals surface area contributed by atoms with Crippen molar-refractivity contribution < 1.29 is 4.74 Å². The summed E-state index contributed by atoms with van der Waals surface area (Å²) >= 11 is 0. The van der Waals surface area contributed by atoms with E-state index in [9.17, 15) is 0 Å². The zero-order chi connectivity index (χ0) is 11.1. The molecule has 0 radical (unpaired) electrons. The zero-order valence-electron chi connectivity index (χ0n) is 9.60. The first-order valence-corrected chi connectivity index (χ1v) is 5.00. The second-order valence-corrected chi connectivity index (χ2v) is 3.51. The Labute approximate surface area is 91.4 Å². The van der Waals surface area contributed by atoms with Crippen LogP contribution in [0.1, 0.15) is 5.56 Å². The Bertz CT molecular complexity index is 304. The van der Waals surface area contributed by atoms with E-state index in [0.717, 1.165) is 5.56 Å². The van der Waals surface area contributed by atoms with Crippen molar-refractivity contribution in [2.75, 3.05) is 39.3 Å². The minimum atomic E-state index is 0.673. The van der Waals surface area contributed by atoms with Crippen LogP contribution in [0.3, 0.4) is 0 Å². The lowest BCUT2D eigenvalue weighted by Gasteiger charge is -2.11. The summed E-state index contributed by atoms with van der Waals surface area (Å²) in [7, 11) is 5.74. The maximum Gasteiger partial charge on any atom is 0.0658 e. The predicted molar refractivity (Wildman–Crippen MR) is 65.1 cm³/mol. The summed E-state index contributed by atoms with van der Waals surface area (Å²) in [6, 6.07) is 8.28. The Morgan fingerprint density at radius 2 is 1.93 bits per heavy atom. The zero-order valence-corrected chi connectivity index (χ0v) is 9.60. The van der Waals surface area contributed by atoms with E-state index in [2.05, 4.69) is 34.2 Å². The molecule has 82 valence electrons. The summed E-state index contributed by atoms with van der Waals surface area (Å²) < 4.78 is 4.91. The van der Waals surface area contributed by atoms with Gasteiger partial charge in [0.05, 0.1) is 13.2 Å². The number of rotatable bonds is 5. The van der Waals surface area contributed by atoms with Crippen molar-refractivity contribution >= 4 is 11.9 Å². The monoisotopic (exact) mass is 206 g/mol. The Morgan fingerprint density at radius 1 is 1.27 bits per heavy atom. The van der Waals surface area contributed by atoms with Gasteiger partial charge in [-0.15, -0.1) is 0 Å². The van der Waals surface area contributed by atoms with Gasteiger partial charge in [0, 0.05) is 33.1 Å². The summed E-state index contributed by atoms with van der Waals surface area (Å²) in [5.41, 5.74) is 2.32. The fourth-order valence-electron chi connectivity index (χ4n) is 1.17. The van der Waals surface area contributed by atoms with Crippen molar-refractivity contribution in [3.8, 4) is 0 Å². The van der Waals surface area contributed by atoms with Crippen LogP contribution in [0.5, 0.6) is 0 Å². The molecule has 0 atom stereocenters. The fraction of sp³-hybridized carbons (Fsp3) is 0.417. The SMILES string of the molecule is COCCN=Cc1ccc(N(C)C)cc1. The van der Waals surface area contributed by atoms with Crippen LogP contribution in [0.15, 0.2) is 29.3 Å². The van der Waals surface area contributed by atoms with Crippen molar-refractivity contribution in [3.05, 3.63) is 29.8 Å². The molecule has 0 spiro atoms. The molecule has 0 aliphatic rings. The van der Waals surface area contributed by atoms with Gasteiger partial charge in [-0.25, -0.2) is 0 Å². The van der Waals surface area contributed by atoms with Gasteiger partial charge in [-0.2, -0.15) is 0 Å². The third kappa shape index (κ3) is 4.13. The summed E-state index contributed by atoms with van der Waals surface area (Å²) in [5.74, 6) is 0. The topological polar surface area (TPSA) is 24.8 Å². The molecular formula is C12H18N2O. The van der Waals surface area contributed by atoms with E-state index in [0.29, 0.717) is 13.2 Å². The highest BCUT2D eigenvalue weighted by Gasteiger charge is 1.93. The van der Waals surface area contributed by atoms with E-state index in [-0.39, 0.29) is 0 Å². The second-order valence-electron chi connectivity index (χ2n) is 3.51. The average molecular weight is 206 g/mol. The second kappa shape index (κ2) is 6.19. The summed E-state index contributed by atoms with van der Waals surface area (Å²) in [6.07, 6.45) is 1.87. The Kier molecular flexibility index (Phi) is 4.84. The number of hydrogen-bond acceptors (Lipinski definition) is 3. The lowest BCUT2D eigenvalue weighted by molar-refractivity contribution is 0.208. The molecular weight excluding hydrogens is 188 g/mol. The first kappa shape index (κ1) is 11.7. The molecule has 0 fully saturated rings. The van der Waals surface area contributed by atoms with Gasteiger partial charge in [0.25, 0.3) is 0 Å². The molecule has 0 bridgehead atoms. The molecule has 1 aromatic rings. The van der Waals surface area contributed by atoms with Gasteiger partial charge >= 0.3 is 0 Å². The number of nitrogens with zero attached hydrogens (tertiary/aromatic N) is 2. The van der Waals surface area contributed by atoms with Crippen molar-refractivity contribution in [1.29, 1.82) is 0 Å². The molecule has 0 heterocycles. The van der Waals surface area contributed by atoms with E-state index in [4.69, 9.17) is 4.74 Å². The quantitative estimate of drug-likeness (QED) is 0.542. The van der Waals surface area contributed by atoms with Crippen LogP contribution in [0, 0.1) is 0 Å². The third-order valence-electron chi connectivity index (χ3n) is 2.07. The van der Waals surface area contributed by atoms with Gasteiger partial charge in [0.2, 0.25) is 0 Å². The molecule has 0 aliphatic carbocycles. The molecule has 15 heavy (non-hydrogen) atoms. The van der Waals surface area contributed by atoms with Crippen molar-refractivity contribution in [2.24, 2.45) is 4.99 Å². The highest BCUT2D eigenvalue weighted by atomic mass is 16.5. The van der Waals surface area contributed by atoms with Crippen LogP contribution in [0.2, 0.25) is 0 Å². The van der Waals surface area contributed by atoms with Gasteiger partial charge in [-0.3, -0.25) is 4.99 Å². The number of anilines is 1. The van der Waals surface area contributed by atoms with E-state index < -0.39 is 0 Å². The molecule has 0 unspecified atom stereocenters. The first-order valence-electron chi connectivity index (χ1n) is 5.00. The van der Waals surface area contributed by atoms with Gasteiger partial charge in [-0.05, 0) is 17.7 Å². The highest BCUT2D eigenvalue weighted by molar-refractivity contribution is 5.80. The van der Waals surface area contributed by atoms with E-state index in [1.807, 2.05) is 20.3 Å². The van der Waals surface area contributed by atoms with Crippen molar-refractivity contribution in [3.63, 3.8) is 0 Å². The van der Waals surface area contributed by atoms with E-state index >= 15 is 0 Å². The summed E-state index contributed by atoms with van der Waals surface area (Å²) in [6.45, 7) is 1.39. The first-order chi connectivity index (χ1) is 7.24. The van der Waals surface area contributed by atoms with Crippen molar-refractivity contribution in [2.45, 2.75) is 0 Å². The van der Waals surface area contributed by atoms with E-state index in [1.165, 1.54) is 5.69 Å². The minimum absolute atomic E-state index is 0.673. The third-order valence-corrected chi connectivity index (χ3v) is 2.07. The average Bonchev–Trinajstić information content (AvgIpc) is 2.25. The van der Waals surface area contributed by atoms with Gasteiger partial charge in [0.15, 0.2) is 0 Å². The molecule has 0 saturated carbocycles. The minimum Gasteiger partial charge on any atom is -0.383 e. The van der Waals surface area contributed by atoms with Crippen molar-refractivity contribution in [1.82, 2.24) is 0 Å². The number of methoxy groups -OCH3 is 1. The van der Waals surface area contributed by atoms with Gasteiger partial charge in [0.1, 0.15) is 0 Å². The van der Waals surface area contributed by atoms with Gasteiger partial charge in [-0.1, -0.05) is 12.1 Å². The maximum absolute atomic E-state index is 4.91. The molecule has 0 saturated heterocycles. The molecule has 0 amide bonds. The Balaban J connectivity index is 2.53. The van der Waals surface area contributed by atoms with Crippen LogP contribution in [-0.4, -0.2) is 40.6 Å². The molecule has 0 N–H and O–H groups in total. The molecule has 1 rings (SSSR count). The largest absolute Gasteiger partial charge is 0.383 e. The fourth-order valence-corrected chi connectivity index (χ4v) is 1.17. The van der Waals surface area contributed by atoms with E-state index in [1.54, 1.807) is 7.11 Å². The smallest absolute Gasteiger partial charge is 0.0658 e. The standard InChI is InChI=1S/C12H18N2O/c1-14(2)12-6-4-11(5-7-12)10-13-8-9-15-3/h4-7,10H,8-9H2,1-3H3. The molecule has 1 aromatic carbocycles. The normalized spacial score (nSPS) is 10.9. The molecule has 0 aliphatic heterocycles. The number of aliphatic imine (C=N–C) groups is 1. The molecule has 0 aromatic heterocycles. The summed E-state index contributed by atoms with van der Waals surface area (Å²) in [5, 5.41) is 0. The highest BCUT2D eigenvalue weighted by Crippen LogP contribution is 2.10. The summed E-state index contributed by atoms with van der Waals surface area (Å²) in [4.78, 5) is 6.32. The maximum atomic E-state index is 4.91. The van der Waals surface area contributed by atoms with Crippen LogP contribution >= 0.6 is 0 Å². The van der Waals surface area contributed by atoms with Crippen LogP contribution in [0.4, 0.5) is 5.69 Å². The number of ether oxygens (including phenoxy) is 1. The van der Waals surface area contributed by atoms with Gasteiger partial charge < -0.3 is 9.64 Å². The lowest BCUT2D eigenvalue weighted by atomic mass is 10.2.